The summed E-state index contributed by atoms with van der Waals surface area (Å²) in [5.41, 5.74) is 5.91. The van der Waals surface area contributed by atoms with E-state index in [4.69, 9.17) is 10.9 Å². The Morgan fingerprint density at radius 2 is 1.90 bits per heavy atom. The summed E-state index contributed by atoms with van der Waals surface area (Å²) in [6.45, 7) is 3.40. The molecule has 0 amide bonds. The predicted octanol–water partition coefficient (Wildman–Crippen LogP) is 1.33. The molecule has 1 aromatic rings. The van der Waals surface area contributed by atoms with Crippen LogP contribution in [-0.2, 0) is 9.84 Å². The molecule has 118 valence electrons. The van der Waals surface area contributed by atoms with Crippen molar-refractivity contribution in [3.63, 3.8) is 0 Å². The average molecular weight is 313 g/mol. The van der Waals surface area contributed by atoms with Crippen LogP contribution in [0.25, 0.3) is 0 Å². The van der Waals surface area contributed by atoms with Crippen LogP contribution in [0.1, 0.15) is 31.7 Å². The molecular formula is C14H23N3O3S. The molecule has 0 heterocycles. The van der Waals surface area contributed by atoms with E-state index in [2.05, 4.69) is 17.4 Å². The van der Waals surface area contributed by atoms with E-state index in [-0.39, 0.29) is 16.5 Å². The minimum absolute atomic E-state index is 0.0449. The Balaban J connectivity index is 2.54. The van der Waals surface area contributed by atoms with Crippen LogP contribution in [0.3, 0.4) is 0 Å². The van der Waals surface area contributed by atoms with Gasteiger partial charge in [-0.15, -0.1) is 0 Å². The second kappa shape index (κ2) is 8.63. The van der Waals surface area contributed by atoms with Crippen molar-refractivity contribution in [2.45, 2.75) is 31.1 Å². The molecule has 0 aliphatic carbocycles. The number of nitrogens with one attached hydrogen (secondary N) is 1. The van der Waals surface area contributed by atoms with E-state index in [9.17, 15) is 8.42 Å². The smallest absolute Gasteiger partial charge is 0.179 e. The minimum atomic E-state index is -3.31. The summed E-state index contributed by atoms with van der Waals surface area (Å²) in [5.74, 6) is 0.0127. The maximum absolute atomic E-state index is 12.1. The molecular weight excluding hydrogens is 290 g/mol. The second-order valence-corrected chi connectivity index (χ2v) is 6.89. The molecule has 0 bridgehead atoms. The zero-order valence-corrected chi connectivity index (χ0v) is 13.1. The van der Waals surface area contributed by atoms with Crippen LogP contribution in [-0.4, -0.2) is 38.3 Å². The molecule has 0 saturated heterocycles. The van der Waals surface area contributed by atoms with Crippen LogP contribution in [0, 0.1) is 0 Å². The van der Waals surface area contributed by atoms with Crippen molar-refractivity contribution in [2.24, 2.45) is 10.9 Å². The SMILES string of the molecule is CCCCCNCCS(=O)(=O)c1ccc(/C(N)=N/O)cc1. The van der Waals surface area contributed by atoms with Crippen LogP contribution in [0.15, 0.2) is 34.3 Å². The van der Waals surface area contributed by atoms with E-state index in [1.54, 1.807) is 0 Å². The number of nitrogens with zero attached hydrogens (tertiary/aromatic N) is 1. The largest absolute Gasteiger partial charge is 0.409 e. The van der Waals surface area contributed by atoms with Crippen LogP contribution in [0.2, 0.25) is 0 Å². The standard InChI is InChI=1S/C14H23N3O3S/c1-2-3-4-9-16-10-11-21(19,20)13-7-5-12(6-8-13)14(15)17-18/h5-8,16,18H,2-4,9-11H2,1H3,(H2,15,17). The molecule has 0 radical (unpaired) electrons. The Labute approximate surface area is 126 Å². The van der Waals surface area contributed by atoms with Gasteiger partial charge in [-0.2, -0.15) is 0 Å². The highest BCUT2D eigenvalue weighted by Crippen LogP contribution is 2.12. The van der Waals surface area contributed by atoms with Crippen molar-refractivity contribution in [3.05, 3.63) is 29.8 Å². The maximum atomic E-state index is 12.1. The molecule has 1 aromatic carbocycles. The first-order valence-corrected chi connectivity index (χ1v) is 8.68. The number of hydrogen-bond acceptors (Lipinski definition) is 5. The fourth-order valence-electron chi connectivity index (χ4n) is 1.84. The highest BCUT2D eigenvalue weighted by molar-refractivity contribution is 7.91. The molecule has 4 N–H and O–H groups in total. The molecule has 7 heteroatoms. The van der Waals surface area contributed by atoms with Crippen LogP contribution < -0.4 is 11.1 Å². The zero-order chi connectivity index (χ0) is 15.7. The van der Waals surface area contributed by atoms with Gasteiger partial charge in [-0.25, -0.2) is 8.42 Å². The Bertz CT molecular complexity index is 553. The lowest BCUT2D eigenvalue weighted by Crippen LogP contribution is -2.24. The van der Waals surface area contributed by atoms with Crippen molar-refractivity contribution in [1.29, 1.82) is 0 Å². The normalized spacial score (nSPS) is 12.5. The molecule has 0 aliphatic rings. The van der Waals surface area contributed by atoms with E-state index in [1.807, 2.05) is 0 Å². The zero-order valence-electron chi connectivity index (χ0n) is 12.2. The summed E-state index contributed by atoms with van der Waals surface area (Å²) in [6, 6.07) is 5.99. The van der Waals surface area contributed by atoms with Crippen molar-refractivity contribution in [1.82, 2.24) is 5.32 Å². The van der Waals surface area contributed by atoms with Gasteiger partial charge in [-0.05, 0) is 37.2 Å². The lowest BCUT2D eigenvalue weighted by molar-refractivity contribution is 0.318. The van der Waals surface area contributed by atoms with Gasteiger partial charge in [-0.3, -0.25) is 0 Å². The van der Waals surface area contributed by atoms with Crippen molar-refractivity contribution in [2.75, 3.05) is 18.8 Å². The van der Waals surface area contributed by atoms with Crippen molar-refractivity contribution >= 4 is 15.7 Å². The third-order valence-corrected chi connectivity index (χ3v) is 4.85. The second-order valence-electron chi connectivity index (χ2n) is 4.79. The minimum Gasteiger partial charge on any atom is -0.409 e. The lowest BCUT2D eigenvalue weighted by atomic mass is 10.2. The molecule has 0 saturated carbocycles. The summed E-state index contributed by atoms with van der Waals surface area (Å²) in [4.78, 5) is 0.243. The van der Waals surface area contributed by atoms with Gasteiger partial charge in [0.15, 0.2) is 15.7 Å². The fraction of sp³-hybridized carbons (Fsp3) is 0.500. The fourth-order valence-corrected chi connectivity index (χ4v) is 3.04. The molecule has 0 aromatic heterocycles. The highest BCUT2D eigenvalue weighted by Gasteiger charge is 2.14. The first kappa shape index (κ1) is 17.5. The first-order valence-electron chi connectivity index (χ1n) is 7.02. The number of amidine groups is 1. The predicted molar refractivity (Wildman–Crippen MR) is 83.4 cm³/mol. The number of unbranched alkanes of at least 4 members (excludes halogenated alkanes) is 2. The van der Waals surface area contributed by atoms with E-state index >= 15 is 0 Å². The summed E-state index contributed by atoms with van der Waals surface area (Å²) < 4.78 is 24.2. The van der Waals surface area contributed by atoms with Gasteiger partial charge < -0.3 is 16.3 Å². The molecule has 0 atom stereocenters. The van der Waals surface area contributed by atoms with E-state index in [0.717, 1.165) is 25.8 Å². The van der Waals surface area contributed by atoms with Gasteiger partial charge in [0.25, 0.3) is 0 Å². The summed E-state index contributed by atoms with van der Waals surface area (Å²) >= 11 is 0. The average Bonchev–Trinajstić information content (AvgIpc) is 2.50. The molecule has 1 rings (SSSR count). The van der Waals surface area contributed by atoms with Crippen molar-refractivity contribution < 1.29 is 13.6 Å². The molecule has 6 nitrogen and oxygen atoms in total. The quantitative estimate of drug-likeness (QED) is 0.210. The number of nitrogens with two attached hydrogens (primary N) is 1. The first-order chi connectivity index (χ1) is 10.0. The Hall–Kier alpha value is -1.60. The van der Waals surface area contributed by atoms with Gasteiger partial charge in [-0.1, -0.05) is 24.9 Å². The number of hydrogen-bond donors (Lipinski definition) is 3. The summed E-state index contributed by atoms with van der Waals surface area (Å²) in [5, 5.41) is 14.6. The number of rotatable bonds is 9. The topological polar surface area (TPSA) is 105 Å². The van der Waals surface area contributed by atoms with E-state index in [1.165, 1.54) is 24.3 Å². The van der Waals surface area contributed by atoms with E-state index in [0.29, 0.717) is 12.1 Å². The van der Waals surface area contributed by atoms with Gasteiger partial charge in [0.1, 0.15) is 0 Å². The van der Waals surface area contributed by atoms with Gasteiger partial charge in [0, 0.05) is 12.1 Å². The van der Waals surface area contributed by atoms with Crippen molar-refractivity contribution in [3.8, 4) is 0 Å². The van der Waals surface area contributed by atoms with Gasteiger partial charge in [0.05, 0.1) is 10.6 Å². The molecule has 21 heavy (non-hydrogen) atoms. The van der Waals surface area contributed by atoms with Gasteiger partial charge >= 0.3 is 0 Å². The van der Waals surface area contributed by atoms with Crippen LogP contribution in [0.4, 0.5) is 0 Å². The van der Waals surface area contributed by atoms with Crippen LogP contribution in [0.5, 0.6) is 0 Å². The number of sulfone groups is 1. The summed E-state index contributed by atoms with van der Waals surface area (Å²) in [7, 11) is -3.31. The summed E-state index contributed by atoms with van der Waals surface area (Å²) in [6.07, 6.45) is 3.35. The Morgan fingerprint density at radius 3 is 2.48 bits per heavy atom. The molecule has 0 unspecified atom stereocenters. The monoisotopic (exact) mass is 313 g/mol. The highest BCUT2D eigenvalue weighted by atomic mass is 32.2. The van der Waals surface area contributed by atoms with Gasteiger partial charge in [0.2, 0.25) is 0 Å². The third kappa shape index (κ3) is 5.73. The lowest BCUT2D eigenvalue weighted by Gasteiger charge is -2.07. The molecule has 0 spiro atoms. The number of benzene rings is 1. The Morgan fingerprint density at radius 1 is 1.24 bits per heavy atom. The van der Waals surface area contributed by atoms with Crippen LogP contribution >= 0.6 is 0 Å². The van der Waals surface area contributed by atoms with E-state index < -0.39 is 9.84 Å². The maximum Gasteiger partial charge on any atom is 0.179 e. The third-order valence-electron chi connectivity index (χ3n) is 3.12. The molecule has 0 aliphatic heterocycles. The molecule has 0 fully saturated rings. The number of oxime groups is 1. The Kier molecular flexibility index (Phi) is 7.18.